The summed E-state index contributed by atoms with van der Waals surface area (Å²) in [6.45, 7) is 1.27. The molecular formula is C12H15ClN2O3S. The third-order valence-electron chi connectivity index (χ3n) is 2.93. The zero-order chi connectivity index (χ0) is 13.9. The predicted molar refractivity (Wildman–Crippen MR) is 73.2 cm³/mol. The molecule has 0 aliphatic carbocycles. The van der Waals surface area contributed by atoms with Crippen molar-refractivity contribution in [1.82, 2.24) is 10.0 Å². The number of sulfonamides is 1. The van der Waals surface area contributed by atoms with Crippen molar-refractivity contribution in [1.29, 1.82) is 0 Å². The summed E-state index contributed by atoms with van der Waals surface area (Å²) in [4.78, 5) is 11.8. The maximum Gasteiger partial charge on any atom is 0.239 e. The monoisotopic (exact) mass is 302 g/mol. The Balaban J connectivity index is 2.00. The molecule has 19 heavy (non-hydrogen) atoms. The zero-order valence-corrected chi connectivity index (χ0v) is 11.8. The SMILES string of the molecule is O=C(NS(=O)(=O)Cc1cccc(Cl)c1)C1CCNC1. The first kappa shape index (κ1) is 14.3. The van der Waals surface area contributed by atoms with Gasteiger partial charge in [-0.2, -0.15) is 0 Å². The maximum absolute atomic E-state index is 11.9. The van der Waals surface area contributed by atoms with E-state index >= 15 is 0 Å². The van der Waals surface area contributed by atoms with Gasteiger partial charge in [-0.15, -0.1) is 0 Å². The van der Waals surface area contributed by atoms with Gasteiger partial charge in [0.15, 0.2) is 0 Å². The summed E-state index contributed by atoms with van der Waals surface area (Å²) in [6, 6.07) is 6.57. The smallest absolute Gasteiger partial charge is 0.239 e. The Bertz CT molecular complexity index is 568. The second-order valence-corrected chi connectivity index (χ2v) is 6.70. The third-order valence-corrected chi connectivity index (χ3v) is 4.39. The highest BCUT2D eigenvalue weighted by molar-refractivity contribution is 7.89. The minimum absolute atomic E-state index is 0.251. The molecule has 1 unspecified atom stereocenters. The molecule has 1 amide bonds. The summed E-state index contributed by atoms with van der Waals surface area (Å²) in [5.41, 5.74) is 0.553. The van der Waals surface area contributed by atoms with Gasteiger partial charge < -0.3 is 5.32 Å². The van der Waals surface area contributed by atoms with Crippen LogP contribution in [0.3, 0.4) is 0 Å². The second-order valence-electron chi connectivity index (χ2n) is 4.55. The molecule has 1 heterocycles. The van der Waals surface area contributed by atoms with Crippen molar-refractivity contribution in [3.05, 3.63) is 34.9 Å². The number of carbonyl (C=O) groups is 1. The number of amides is 1. The summed E-state index contributed by atoms with van der Waals surface area (Å²) >= 11 is 5.79. The largest absolute Gasteiger partial charge is 0.316 e. The lowest BCUT2D eigenvalue weighted by atomic mass is 10.1. The van der Waals surface area contributed by atoms with Crippen LogP contribution in [0, 0.1) is 5.92 Å². The van der Waals surface area contributed by atoms with E-state index in [1.54, 1.807) is 24.3 Å². The van der Waals surface area contributed by atoms with Gasteiger partial charge in [0.2, 0.25) is 15.9 Å². The van der Waals surface area contributed by atoms with Gasteiger partial charge in [-0.3, -0.25) is 9.52 Å². The molecule has 1 atom stereocenters. The first-order valence-corrected chi connectivity index (χ1v) is 7.99. The van der Waals surface area contributed by atoms with Gasteiger partial charge in [0.05, 0.1) is 11.7 Å². The van der Waals surface area contributed by atoms with Crippen molar-refractivity contribution >= 4 is 27.5 Å². The van der Waals surface area contributed by atoms with E-state index in [2.05, 4.69) is 10.0 Å². The molecule has 7 heteroatoms. The van der Waals surface area contributed by atoms with E-state index in [0.717, 1.165) is 6.54 Å². The maximum atomic E-state index is 11.9. The molecule has 0 bridgehead atoms. The molecule has 1 saturated heterocycles. The molecule has 2 rings (SSSR count). The lowest BCUT2D eigenvalue weighted by molar-refractivity contribution is -0.122. The Morgan fingerprint density at radius 1 is 1.47 bits per heavy atom. The number of carbonyl (C=O) groups excluding carboxylic acids is 1. The van der Waals surface area contributed by atoms with E-state index in [-0.39, 0.29) is 11.7 Å². The van der Waals surface area contributed by atoms with Crippen molar-refractivity contribution in [3.8, 4) is 0 Å². The van der Waals surface area contributed by atoms with E-state index in [1.807, 2.05) is 0 Å². The van der Waals surface area contributed by atoms with Gasteiger partial charge in [0.25, 0.3) is 0 Å². The topological polar surface area (TPSA) is 75.3 Å². The van der Waals surface area contributed by atoms with Gasteiger partial charge in [0.1, 0.15) is 0 Å². The number of halogens is 1. The van der Waals surface area contributed by atoms with Crippen LogP contribution in [0.25, 0.3) is 0 Å². The molecular weight excluding hydrogens is 288 g/mol. The fourth-order valence-electron chi connectivity index (χ4n) is 2.00. The Morgan fingerprint density at radius 2 is 2.26 bits per heavy atom. The average molecular weight is 303 g/mol. The lowest BCUT2D eigenvalue weighted by Gasteiger charge is -2.10. The predicted octanol–water partition coefficient (Wildman–Crippen LogP) is 0.895. The van der Waals surface area contributed by atoms with E-state index < -0.39 is 15.9 Å². The van der Waals surface area contributed by atoms with Crippen LogP contribution in [-0.4, -0.2) is 27.4 Å². The zero-order valence-electron chi connectivity index (χ0n) is 10.2. The minimum Gasteiger partial charge on any atom is -0.316 e. The number of nitrogens with one attached hydrogen (secondary N) is 2. The molecule has 0 aromatic heterocycles. The number of rotatable bonds is 4. The van der Waals surface area contributed by atoms with E-state index in [9.17, 15) is 13.2 Å². The Morgan fingerprint density at radius 3 is 2.89 bits per heavy atom. The third kappa shape index (κ3) is 4.19. The lowest BCUT2D eigenvalue weighted by Crippen LogP contribution is -2.37. The average Bonchev–Trinajstić information content (AvgIpc) is 2.80. The quantitative estimate of drug-likeness (QED) is 0.866. The molecule has 1 fully saturated rings. The summed E-state index contributed by atoms with van der Waals surface area (Å²) in [5.74, 6) is -0.958. The van der Waals surface area contributed by atoms with Crippen LogP contribution < -0.4 is 10.0 Å². The first-order valence-electron chi connectivity index (χ1n) is 5.96. The van der Waals surface area contributed by atoms with E-state index in [1.165, 1.54) is 0 Å². The molecule has 0 spiro atoms. The van der Waals surface area contributed by atoms with Crippen LogP contribution >= 0.6 is 11.6 Å². The number of hydrogen-bond acceptors (Lipinski definition) is 4. The van der Waals surface area contributed by atoms with Crippen molar-refractivity contribution in [3.63, 3.8) is 0 Å². The van der Waals surface area contributed by atoms with Crippen molar-refractivity contribution in [2.24, 2.45) is 5.92 Å². The minimum atomic E-state index is -3.67. The summed E-state index contributed by atoms with van der Waals surface area (Å²) in [7, 11) is -3.67. The Labute approximate surface area is 117 Å². The molecule has 104 valence electrons. The summed E-state index contributed by atoms with van der Waals surface area (Å²) in [6.07, 6.45) is 0.665. The van der Waals surface area contributed by atoms with Gasteiger partial charge in [0, 0.05) is 11.6 Å². The molecule has 2 N–H and O–H groups in total. The fourth-order valence-corrected chi connectivity index (χ4v) is 3.37. The first-order chi connectivity index (χ1) is 8.96. The highest BCUT2D eigenvalue weighted by Gasteiger charge is 2.26. The van der Waals surface area contributed by atoms with Gasteiger partial charge >= 0.3 is 0 Å². The van der Waals surface area contributed by atoms with E-state index in [4.69, 9.17) is 11.6 Å². The number of benzene rings is 1. The van der Waals surface area contributed by atoms with Gasteiger partial charge in [-0.05, 0) is 30.7 Å². The molecule has 1 aliphatic heterocycles. The molecule has 1 aromatic rings. The van der Waals surface area contributed by atoms with Crippen molar-refractivity contribution in [2.75, 3.05) is 13.1 Å². The van der Waals surface area contributed by atoms with Crippen LogP contribution in [0.5, 0.6) is 0 Å². The highest BCUT2D eigenvalue weighted by Crippen LogP contribution is 2.14. The summed E-state index contributed by atoms with van der Waals surface area (Å²) in [5, 5.41) is 3.49. The van der Waals surface area contributed by atoms with Crippen LogP contribution in [0.2, 0.25) is 5.02 Å². The van der Waals surface area contributed by atoms with Gasteiger partial charge in [-0.25, -0.2) is 8.42 Å². The van der Waals surface area contributed by atoms with E-state index in [0.29, 0.717) is 23.6 Å². The van der Waals surface area contributed by atoms with Crippen molar-refractivity contribution < 1.29 is 13.2 Å². The van der Waals surface area contributed by atoms with Crippen LogP contribution in [0.15, 0.2) is 24.3 Å². The number of hydrogen-bond donors (Lipinski definition) is 2. The standard InChI is InChI=1S/C12H15ClN2O3S/c13-11-3-1-2-9(6-11)8-19(17,18)15-12(16)10-4-5-14-7-10/h1-3,6,10,14H,4-5,7-8H2,(H,15,16). The van der Waals surface area contributed by atoms with Crippen LogP contribution in [0.1, 0.15) is 12.0 Å². The molecule has 0 saturated carbocycles. The van der Waals surface area contributed by atoms with Crippen LogP contribution in [0.4, 0.5) is 0 Å². The molecule has 1 aliphatic rings. The Hall–Kier alpha value is -1.11. The Kier molecular flexibility index (Phi) is 4.44. The normalized spacial score (nSPS) is 19.3. The molecule has 5 nitrogen and oxygen atoms in total. The molecule has 0 radical (unpaired) electrons. The van der Waals surface area contributed by atoms with Crippen LogP contribution in [-0.2, 0) is 20.6 Å². The van der Waals surface area contributed by atoms with Gasteiger partial charge in [-0.1, -0.05) is 23.7 Å². The highest BCUT2D eigenvalue weighted by atomic mass is 35.5. The molecule has 1 aromatic carbocycles. The summed E-state index contributed by atoms with van der Waals surface area (Å²) < 4.78 is 25.9. The fraction of sp³-hybridized carbons (Fsp3) is 0.417. The van der Waals surface area contributed by atoms with Crippen molar-refractivity contribution in [2.45, 2.75) is 12.2 Å². The second kappa shape index (κ2) is 5.90.